The molecule has 0 atom stereocenters. The number of benzene rings is 3. The lowest BCUT2D eigenvalue weighted by atomic mass is 9.87. The summed E-state index contributed by atoms with van der Waals surface area (Å²) >= 11 is 1.87. The third-order valence-corrected chi connectivity index (χ3v) is 6.71. The zero-order chi connectivity index (χ0) is 20.0. The molecule has 5 aromatic rings. The van der Waals surface area contributed by atoms with Crippen molar-refractivity contribution in [2.24, 2.45) is 0 Å². The van der Waals surface area contributed by atoms with Crippen LogP contribution in [-0.4, -0.2) is 4.98 Å². The van der Waals surface area contributed by atoms with Crippen molar-refractivity contribution in [1.82, 2.24) is 4.98 Å². The number of fused-ring (bicyclic) bond motifs is 3. The number of aromatic nitrogens is 1. The van der Waals surface area contributed by atoms with Gasteiger partial charge in [-0.25, -0.2) is 0 Å². The molecule has 0 unspecified atom stereocenters. The average molecular weight is 394 g/mol. The molecule has 2 heteroatoms. The maximum absolute atomic E-state index is 4.65. The largest absolute Gasteiger partial charge is 0.256 e. The second-order valence-electron chi connectivity index (χ2n) is 8.54. The standard InChI is InChI=1S/C27H23NS/c1-27(2,3)20-14-15-28-24(17-20)19-12-13-22-23-11-7-10-21(18-8-5-4-6-9-18)26(23)29-25(22)16-19/h4-17H,1-3H3. The van der Waals surface area contributed by atoms with Gasteiger partial charge in [-0.2, -0.15) is 0 Å². The summed E-state index contributed by atoms with van der Waals surface area (Å²) in [6.07, 6.45) is 1.93. The predicted octanol–water partition coefficient (Wildman–Crippen LogP) is 8.08. The second-order valence-corrected chi connectivity index (χ2v) is 9.59. The highest BCUT2D eigenvalue weighted by atomic mass is 32.1. The molecule has 0 bridgehead atoms. The van der Waals surface area contributed by atoms with Crippen LogP contribution in [0, 0.1) is 0 Å². The fraction of sp³-hybridized carbons (Fsp3) is 0.148. The Labute approximate surface area is 175 Å². The summed E-state index contributed by atoms with van der Waals surface area (Å²) in [5.74, 6) is 0. The van der Waals surface area contributed by atoms with E-state index < -0.39 is 0 Å². The van der Waals surface area contributed by atoms with Crippen LogP contribution in [0.25, 0.3) is 42.6 Å². The molecule has 29 heavy (non-hydrogen) atoms. The molecule has 3 aromatic carbocycles. The van der Waals surface area contributed by atoms with Crippen molar-refractivity contribution in [3.05, 3.63) is 90.6 Å². The van der Waals surface area contributed by atoms with Crippen LogP contribution in [0.2, 0.25) is 0 Å². The number of nitrogens with zero attached hydrogens (tertiary/aromatic N) is 1. The van der Waals surface area contributed by atoms with E-state index in [0.717, 1.165) is 5.69 Å². The Hall–Kier alpha value is -2.97. The Morgan fingerprint density at radius 1 is 0.724 bits per heavy atom. The SMILES string of the molecule is CC(C)(C)c1ccnc(-c2ccc3c(c2)sc2c(-c4ccccc4)cccc23)c1. The Balaban J connectivity index is 1.68. The van der Waals surface area contributed by atoms with Gasteiger partial charge in [-0.1, -0.05) is 81.4 Å². The van der Waals surface area contributed by atoms with Gasteiger partial charge in [0.05, 0.1) is 5.69 Å². The Kier molecular flexibility index (Phi) is 4.25. The summed E-state index contributed by atoms with van der Waals surface area (Å²) in [4.78, 5) is 4.65. The smallest absolute Gasteiger partial charge is 0.0705 e. The number of thiophene rings is 1. The first-order valence-corrected chi connectivity index (χ1v) is 10.8. The molecule has 0 radical (unpaired) electrons. The van der Waals surface area contributed by atoms with Crippen LogP contribution < -0.4 is 0 Å². The normalized spacial score (nSPS) is 12.0. The molecule has 0 fully saturated rings. The van der Waals surface area contributed by atoms with Gasteiger partial charge in [-0.15, -0.1) is 11.3 Å². The van der Waals surface area contributed by atoms with Crippen molar-refractivity contribution in [2.45, 2.75) is 26.2 Å². The fourth-order valence-electron chi connectivity index (χ4n) is 3.86. The zero-order valence-electron chi connectivity index (χ0n) is 16.9. The van der Waals surface area contributed by atoms with Gasteiger partial charge in [-0.05, 0) is 40.3 Å². The first-order valence-electron chi connectivity index (χ1n) is 9.98. The monoisotopic (exact) mass is 393 g/mol. The molecule has 2 aromatic heterocycles. The second kappa shape index (κ2) is 6.82. The molecule has 0 saturated carbocycles. The molecule has 142 valence electrons. The van der Waals surface area contributed by atoms with Gasteiger partial charge in [0.25, 0.3) is 0 Å². The molecule has 0 N–H and O–H groups in total. The minimum absolute atomic E-state index is 0.115. The summed E-state index contributed by atoms with van der Waals surface area (Å²) < 4.78 is 2.66. The lowest BCUT2D eigenvalue weighted by molar-refractivity contribution is 0.589. The molecular weight excluding hydrogens is 370 g/mol. The molecule has 0 saturated heterocycles. The van der Waals surface area contributed by atoms with Gasteiger partial charge < -0.3 is 0 Å². The van der Waals surface area contributed by atoms with Crippen LogP contribution in [0.5, 0.6) is 0 Å². The molecule has 0 aliphatic rings. The van der Waals surface area contributed by atoms with E-state index in [9.17, 15) is 0 Å². The molecule has 0 aliphatic heterocycles. The van der Waals surface area contributed by atoms with Crippen LogP contribution in [0.15, 0.2) is 85.1 Å². The van der Waals surface area contributed by atoms with E-state index in [2.05, 4.69) is 105 Å². The van der Waals surface area contributed by atoms with Crippen LogP contribution in [-0.2, 0) is 5.41 Å². The van der Waals surface area contributed by atoms with Crippen LogP contribution in [0.1, 0.15) is 26.3 Å². The number of hydrogen-bond acceptors (Lipinski definition) is 2. The third-order valence-electron chi connectivity index (χ3n) is 5.51. The Bertz CT molecular complexity index is 1320. The van der Waals surface area contributed by atoms with E-state index >= 15 is 0 Å². The molecule has 5 rings (SSSR count). The van der Waals surface area contributed by atoms with E-state index in [4.69, 9.17) is 0 Å². The van der Waals surface area contributed by atoms with E-state index in [1.165, 1.54) is 42.4 Å². The van der Waals surface area contributed by atoms with E-state index in [-0.39, 0.29) is 5.41 Å². The van der Waals surface area contributed by atoms with Crippen LogP contribution in [0.3, 0.4) is 0 Å². The fourth-order valence-corrected chi connectivity index (χ4v) is 5.14. The first-order chi connectivity index (χ1) is 14.0. The lowest BCUT2D eigenvalue weighted by Gasteiger charge is -2.19. The highest BCUT2D eigenvalue weighted by molar-refractivity contribution is 7.26. The lowest BCUT2D eigenvalue weighted by Crippen LogP contribution is -2.11. The highest BCUT2D eigenvalue weighted by Gasteiger charge is 2.15. The van der Waals surface area contributed by atoms with Crippen molar-refractivity contribution in [3.8, 4) is 22.4 Å². The summed E-state index contributed by atoms with van der Waals surface area (Å²) in [6.45, 7) is 6.73. The van der Waals surface area contributed by atoms with Gasteiger partial charge in [0, 0.05) is 31.9 Å². The van der Waals surface area contributed by atoms with Gasteiger partial charge in [0.2, 0.25) is 0 Å². The van der Waals surface area contributed by atoms with E-state index in [1.54, 1.807) is 0 Å². The third kappa shape index (κ3) is 3.24. The van der Waals surface area contributed by atoms with Gasteiger partial charge in [0.1, 0.15) is 0 Å². The van der Waals surface area contributed by atoms with Crippen LogP contribution >= 0.6 is 11.3 Å². The topological polar surface area (TPSA) is 12.9 Å². The first kappa shape index (κ1) is 18.1. The average Bonchev–Trinajstić information content (AvgIpc) is 3.12. The Morgan fingerprint density at radius 2 is 1.55 bits per heavy atom. The van der Waals surface area contributed by atoms with E-state index in [0.29, 0.717) is 0 Å². The van der Waals surface area contributed by atoms with Gasteiger partial charge >= 0.3 is 0 Å². The summed E-state index contributed by atoms with van der Waals surface area (Å²) in [5, 5.41) is 2.65. The maximum Gasteiger partial charge on any atom is 0.0705 e. The number of pyridine rings is 1. The number of hydrogen-bond donors (Lipinski definition) is 0. The van der Waals surface area contributed by atoms with Gasteiger partial charge in [0.15, 0.2) is 0 Å². The molecule has 0 aliphatic carbocycles. The van der Waals surface area contributed by atoms with Gasteiger partial charge in [-0.3, -0.25) is 4.98 Å². The van der Waals surface area contributed by atoms with Crippen molar-refractivity contribution in [2.75, 3.05) is 0 Å². The summed E-state index contributed by atoms with van der Waals surface area (Å²) in [5.41, 5.74) is 6.22. The molecule has 2 heterocycles. The quantitative estimate of drug-likeness (QED) is 0.295. The Morgan fingerprint density at radius 3 is 2.34 bits per heavy atom. The maximum atomic E-state index is 4.65. The molecule has 1 nitrogen and oxygen atoms in total. The van der Waals surface area contributed by atoms with Crippen molar-refractivity contribution in [3.63, 3.8) is 0 Å². The van der Waals surface area contributed by atoms with E-state index in [1.807, 2.05) is 17.5 Å². The predicted molar refractivity (Wildman–Crippen MR) is 127 cm³/mol. The zero-order valence-corrected chi connectivity index (χ0v) is 17.8. The minimum atomic E-state index is 0.115. The number of rotatable bonds is 2. The molecule has 0 amide bonds. The highest BCUT2D eigenvalue weighted by Crippen LogP contribution is 2.41. The molecule has 0 spiro atoms. The molecular formula is C27H23NS. The minimum Gasteiger partial charge on any atom is -0.256 e. The van der Waals surface area contributed by atoms with Crippen molar-refractivity contribution >= 4 is 31.5 Å². The van der Waals surface area contributed by atoms with Crippen molar-refractivity contribution < 1.29 is 0 Å². The van der Waals surface area contributed by atoms with Crippen molar-refractivity contribution in [1.29, 1.82) is 0 Å². The summed E-state index contributed by atoms with van der Waals surface area (Å²) in [6, 6.07) is 28.4. The summed E-state index contributed by atoms with van der Waals surface area (Å²) in [7, 11) is 0. The van der Waals surface area contributed by atoms with Crippen LogP contribution in [0.4, 0.5) is 0 Å².